The average molecular weight is 428 g/mol. The van der Waals surface area contributed by atoms with Crippen molar-refractivity contribution in [1.82, 2.24) is 24.3 Å². The van der Waals surface area contributed by atoms with Gasteiger partial charge in [0, 0.05) is 24.7 Å². The quantitative estimate of drug-likeness (QED) is 0.348. The van der Waals surface area contributed by atoms with E-state index >= 15 is 0 Å². The average Bonchev–Trinajstić information content (AvgIpc) is 3.13. The molecule has 0 saturated carbocycles. The van der Waals surface area contributed by atoms with Crippen molar-refractivity contribution in [2.75, 3.05) is 0 Å². The van der Waals surface area contributed by atoms with Crippen molar-refractivity contribution in [3.05, 3.63) is 91.2 Å². The molecule has 0 amide bonds. The van der Waals surface area contributed by atoms with Gasteiger partial charge in [0.25, 0.3) is 11.2 Å². The van der Waals surface area contributed by atoms with Gasteiger partial charge >= 0.3 is 5.69 Å². The molecule has 10 nitrogen and oxygen atoms in total. The summed E-state index contributed by atoms with van der Waals surface area (Å²) in [6.07, 6.45) is 0. The smallest absolute Gasteiger partial charge is 0.291 e. The van der Waals surface area contributed by atoms with Crippen LogP contribution < -0.4 is 11.2 Å². The fraction of sp³-hybridized carbons (Fsp3) is 0.0909. The Labute approximate surface area is 179 Å². The number of nitrogens with one attached hydrogen (secondary N) is 1. The van der Waals surface area contributed by atoms with Gasteiger partial charge < -0.3 is 0 Å². The summed E-state index contributed by atoms with van der Waals surface area (Å²) in [6.45, 7) is 1.78. The van der Waals surface area contributed by atoms with Crippen LogP contribution in [0.3, 0.4) is 0 Å². The molecule has 0 fully saturated rings. The Kier molecular flexibility index (Phi) is 4.22. The Bertz CT molecular complexity index is 1660. The molecule has 5 aromatic rings. The van der Waals surface area contributed by atoms with E-state index in [1.807, 2.05) is 30.3 Å². The van der Waals surface area contributed by atoms with Gasteiger partial charge in [-0.3, -0.25) is 24.5 Å². The molecule has 3 aromatic heterocycles. The molecular formula is C22H16N6O4. The second kappa shape index (κ2) is 6.98. The van der Waals surface area contributed by atoms with E-state index in [2.05, 4.69) is 15.1 Å². The van der Waals surface area contributed by atoms with Gasteiger partial charge in [-0.05, 0) is 24.6 Å². The number of pyridine rings is 1. The molecule has 0 spiro atoms. The molecule has 0 aliphatic heterocycles. The van der Waals surface area contributed by atoms with Crippen LogP contribution in [-0.4, -0.2) is 29.2 Å². The lowest BCUT2D eigenvalue weighted by Crippen LogP contribution is -2.33. The lowest BCUT2D eigenvalue weighted by Gasteiger charge is -2.10. The minimum absolute atomic E-state index is 0.0872. The topological polar surface area (TPSA) is 129 Å². The van der Waals surface area contributed by atoms with E-state index in [0.29, 0.717) is 27.9 Å². The number of nitro benzene ring substituents is 1. The van der Waals surface area contributed by atoms with Crippen LogP contribution in [0, 0.1) is 17.0 Å². The summed E-state index contributed by atoms with van der Waals surface area (Å²) in [5.41, 5.74) is 1.46. The number of aryl methyl sites for hydroxylation is 1. The number of non-ortho nitro benzene ring substituents is 1. The van der Waals surface area contributed by atoms with Crippen LogP contribution in [0.5, 0.6) is 0 Å². The van der Waals surface area contributed by atoms with Crippen molar-refractivity contribution in [2.24, 2.45) is 7.05 Å². The van der Waals surface area contributed by atoms with Gasteiger partial charge in [0.15, 0.2) is 5.65 Å². The van der Waals surface area contributed by atoms with E-state index in [1.54, 1.807) is 23.7 Å². The SMILES string of the molecule is Cc1nn(-c2ccccc2)c2nc3[nH]c(=O)n(C)c(=O)c3c(-c3cccc([N+](=O)[O-])c3)c12. The second-order valence-corrected chi connectivity index (χ2v) is 7.34. The molecule has 0 bridgehead atoms. The summed E-state index contributed by atoms with van der Waals surface area (Å²) in [5.74, 6) is 0. The van der Waals surface area contributed by atoms with E-state index in [4.69, 9.17) is 0 Å². The Balaban J connectivity index is 2.02. The predicted molar refractivity (Wildman–Crippen MR) is 119 cm³/mol. The Morgan fingerprint density at radius 3 is 2.50 bits per heavy atom. The van der Waals surface area contributed by atoms with Gasteiger partial charge in [0.1, 0.15) is 5.65 Å². The molecule has 158 valence electrons. The molecule has 0 radical (unpaired) electrons. The summed E-state index contributed by atoms with van der Waals surface area (Å²) < 4.78 is 2.58. The first-order valence-corrected chi connectivity index (χ1v) is 9.69. The maximum atomic E-state index is 13.1. The molecular weight excluding hydrogens is 412 g/mol. The van der Waals surface area contributed by atoms with E-state index < -0.39 is 16.2 Å². The zero-order chi connectivity index (χ0) is 22.6. The first kappa shape index (κ1) is 19.4. The van der Waals surface area contributed by atoms with Gasteiger partial charge in [-0.15, -0.1) is 0 Å². The number of para-hydroxylation sites is 1. The first-order chi connectivity index (χ1) is 15.4. The molecule has 0 aliphatic carbocycles. The lowest BCUT2D eigenvalue weighted by atomic mass is 9.98. The highest BCUT2D eigenvalue weighted by Crippen LogP contribution is 2.36. The Hall–Kier alpha value is -4.60. The number of hydrogen-bond acceptors (Lipinski definition) is 6. The number of fused-ring (bicyclic) bond motifs is 2. The molecule has 0 saturated heterocycles. The maximum Gasteiger partial charge on any atom is 0.329 e. The van der Waals surface area contributed by atoms with Crippen LogP contribution in [0.1, 0.15) is 5.69 Å². The minimum atomic E-state index is -0.609. The molecule has 0 aliphatic rings. The summed E-state index contributed by atoms with van der Waals surface area (Å²) in [4.78, 5) is 43.6. The van der Waals surface area contributed by atoms with Crippen molar-refractivity contribution in [1.29, 1.82) is 0 Å². The van der Waals surface area contributed by atoms with Crippen LogP contribution in [0.2, 0.25) is 0 Å². The molecule has 10 heteroatoms. The Morgan fingerprint density at radius 2 is 1.78 bits per heavy atom. The van der Waals surface area contributed by atoms with E-state index in [1.165, 1.54) is 19.2 Å². The van der Waals surface area contributed by atoms with Crippen LogP contribution in [0.15, 0.2) is 64.2 Å². The first-order valence-electron chi connectivity index (χ1n) is 9.69. The van der Waals surface area contributed by atoms with Crippen LogP contribution in [-0.2, 0) is 7.05 Å². The van der Waals surface area contributed by atoms with E-state index in [0.717, 1.165) is 10.3 Å². The third-order valence-corrected chi connectivity index (χ3v) is 5.39. The minimum Gasteiger partial charge on any atom is -0.291 e. The van der Waals surface area contributed by atoms with E-state index in [-0.39, 0.29) is 16.7 Å². The molecule has 32 heavy (non-hydrogen) atoms. The van der Waals surface area contributed by atoms with Crippen molar-refractivity contribution < 1.29 is 4.92 Å². The van der Waals surface area contributed by atoms with E-state index in [9.17, 15) is 19.7 Å². The zero-order valence-corrected chi connectivity index (χ0v) is 17.1. The van der Waals surface area contributed by atoms with Gasteiger partial charge in [-0.25, -0.2) is 14.5 Å². The largest absolute Gasteiger partial charge is 0.329 e. The van der Waals surface area contributed by atoms with Crippen molar-refractivity contribution in [3.63, 3.8) is 0 Å². The van der Waals surface area contributed by atoms with Crippen LogP contribution in [0.25, 0.3) is 38.9 Å². The number of nitrogens with zero attached hydrogens (tertiary/aromatic N) is 5. The summed E-state index contributed by atoms with van der Waals surface area (Å²) in [5, 5.41) is 16.8. The van der Waals surface area contributed by atoms with Crippen LogP contribution in [0.4, 0.5) is 5.69 Å². The summed E-state index contributed by atoms with van der Waals surface area (Å²) >= 11 is 0. The highest BCUT2D eigenvalue weighted by molar-refractivity contribution is 6.09. The predicted octanol–water partition coefficient (Wildman–Crippen LogP) is 2.84. The standard InChI is InChI=1S/C22H16N6O4/c1-12-16-17(13-7-6-10-15(11-13)28(31)32)18-19(24-22(30)26(2)21(18)29)23-20(16)27(25-12)14-8-4-3-5-9-14/h3-11H,1-2H3,(H,23,24,30). The molecule has 3 heterocycles. The van der Waals surface area contributed by atoms with Crippen molar-refractivity contribution in [3.8, 4) is 16.8 Å². The fourth-order valence-electron chi connectivity index (χ4n) is 3.87. The second-order valence-electron chi connectivity index (χ2n) is 7.34. The fourth-order valence-corrected chi connectivity index (χ4v) is 3.87. The zero-order valence-electron chi connectivity index (χ0n) is 17.1. The number of rotatable bonds is 3. The molecule has 0 atom stereocenters. The molecule has 5 rings (SSSR count). The van der Waals surface area contributed by atoms with Gasteiger partial charge in [0.05, 0.1) is 27.1 Å². The third-order valence-electron chi connectivity index (χ3n) is 5.39. The van der Waals surface area contributed by atoms with Crippen molar-refractivity contribution in [2.45, 2.75) is 6.92 Å². The number of nitro groups is 1. The number of benzene rings is 2. The third kappa shape index (κ3) is 2.81. The van der Waals surface area contributed by atoms with Crippen LogP contribution >= 0.6 is 0 Å². The van der Waals surface area contributed by atoms with Gasteiger partial charge in [0.2, 0.25) is 0 Å². The summed E-state index contributed by atoms with van der Waals surface area (Å²) in [6, 6.07) is 15.3. The monoisotopic (exact) mass is 428 g/mol. The summed E-state index contributed by atoms with van der Waals surface area (Å²) in [7, 11) is 1.36. The maximum absolute atomic E-state index is 13.1. The number of hydrogen-bond donors (Lipinski definition) is 1. The Morgan fingerprint density at radius 1 is 1.03 bits per heavy atom. The lowest BCUT2D eigenvalue weighted by molar-refractivity contribution is -0.384. The highest BCUT2D eigenvalue weighted by atomic mass is 16.6. The van der Waals surface area contributed by atoms with Crippen molar-refractivity contribution >= 4 is 27.8 Å². The molecule has 0 unspecified atom stereocenters. The van der Waals surface area contributed by atoms with Gasteiger partial charge in [-0.2, -0.15) is 5.10 Å². The highest BCUT2D eigenvalue weighted by Gasteiger charge is 2.23. The normalized spacial score (nSPS) is 11.3. The number of aromatic nitrogens is 5. The molecule has 2 aromatic carbocycles. The molecule has 1 N–H and O–H groups in total. The van der Waals surface area contributed by atoms with Gasteiger partial charge in [-0.1, -0.05) is 30.3 Å². The number of aromatic amines is 1. The number of H-pyrrole nitrogens is 1.